The van der Waals surface area contributed by atoms with Gasteiger partial charge in [0.25, 0.3) is 0 Å². The van der Waals surface area contributed by atoms with E-state index < -0.39 is 11.9 Å². The minimum absolute atomic E-state index is 0.0986. The van der Waals surface area contributed by atoms with Gasteiger partial charge in [-0.05, 0) is 18.6 Å². The summed E-state index contributed by atoms with van der Waals surface area (Å²) in [5.74, 6) is 0.694. The van der Waals surface area contributed by atoms with E-state index in [9.17, 15) is 18.0 Å². The summed E-state index contributed by atoms with van der Waals surface area (Å²) in [7, 11) is 1.54. The van der Waals surface area contributed by atoms with Crippen LogP contribution in [0.3, 0.4) is 0 Å². The molecule has 3 aliphatic heterocycles. The first-order valence-electron chi connectivity index (χ1n) is 9.18. The number of fused-ring (bicyclic) bond motifs is 2. The Labute approximate surface area is 165 Å². The lowest BCUT2D eigenvalue weighted by atomic mass is 9.87. The molecule has 0 radical (unpaired) electrons. The van der Waals surface area contributed by atoms with Gasteiger partial charge in [0.15, 0.2) is 0 Å². The van der Waals surface area contributed by atoms with Crippen LogP contribution < -0.4 is 15.0 Å². The molecule has 2 bridgehead atoms. The summed E-state index contributed by atoms with van der Waals surface area (Å²) in [6.07, 6.45) is -2.65. The van der Waals surface area contributed by atoms with E-state index in [0.717, 1.165) is 18.8 Å². The minimum atomic E-state index is -4.50. The molecule has 0 spiro atoms. The Bertz CT molecular complexity index is 895. The number of piperidine rings is 1. The predicted molar refractivity (Wildman–Crippen MR) is 99.8 cm³/mol. The fourth-order valence-electron chi connectivity index (χ4n) is 3.91. The normalized spacial score (nSPS) is 21.4. The molecule has 2 atom stereocenters. The van der Waals surface area contributed by atoms with Gasteiger partial charge in [-0.15, -0.1) is 0 Å². The number of methoxy groups -OCH3 is 1. The average molecular weight is 407 g/mol. The number of carbonyl (C=O) groups is 1. The number of aromatic nitrogens is 2. The number of piperazine rings is 1. The Morgan fingerprint density at radius 3 is 2.66 bits per heavy atom. The first kappa shape index (κ1) is 19.4. The number of amides is 1. The van der Waals surface area contributed by atoms with Gasteiger partial charge < -0.3 is 15.0 Å². The molecule has 2 aromatic rings. The van der Waals surface area contributed by atoms with Crippen LogP contribution in [-0.4, -0.2) is 59.6 Å². The third-order valence-corrected chi connectivity index (χ3v) is 5.32. The molecule has 1 aromatic carbocycles. The summed E-state index contributed by atoms with van der Waals surface area (Å²) >= 11 is 0. The van der Waals surface area contributed by atoms with Crippen LogP contribution >= 0.6 is 0 Å². The largest absolute Gasteiger partial charge is 0.495 e. The second-order valence-electron chi connectivity index (χ2n) is 7.13. The molecule has 2 unspecified atom stereocenters. The molecule has 5 rings (SSSR count). The van der Waals surface area contributed by atoms with Crippen molar-refractivity contribution < 1.29 is 22.7 Å². The van der Waals surface area contributed by atoms with Gasteiger partial charge in [-0.25, -0.2) is 9.97 Å². The van der Waals surface area contributed by atoms with E-state index in [0.29, 0.717) is 24.5 Å². The van der Waals surface area contributed by atoms with Crippen LogP contribution in [0.4, 0.5) is 24.7 Å². The first-order chi connectivity index (χ1) is 13.8. The third-order valence-electron chi connectivity index (χ3n) is 5.32. The summed E-state index contributed by atoms with van der Waals surface area (Å²) in [5.41, 5.74) is -0.345. The molecule has 1 amide bonds. The molecule has 1 N–H and O–H groups in total. The zero-order valence-corrected chi connectivity index (χ0v) is 15.7. The lowest BCUT2D eigenvalue weighted by Gasteiger charge is -2.56. The molecule has 10 heteroatoms. The maximum absolute atomic E-state index is 12.9. The third kappa shape index (κ3) is 3.98. The second kappa shape index (κ2) is 7.51. The molecule has 7 nitrogen and oxygen atoms in total. The van der Waals surface area contributed by atoms with Crippen molar-refractivity contribution in [3.05, 3.63) is 42.4 Å². The van der Waals surface area contributed by atoms with Crippen LogP contribution in [0, 0.1) is 0 Å². The Kier molecular flexibility index (Phi) is 5.03. The van der Waals surface area contributed by atoms with Gasteiger partial charge in [-0.1, -0.05) is 12.1 Å². The number of rotatable bonds is 5. The summed E-state index contributed by atoms with van der Waals surface area (Å²) in [6, 6.07) is 8.34. The van der Waals surface area contributed by atoms with Crippen molar-refractivity contribution in [2.24, 2.45) is 0 Å². The van der Waals surface area contributed by atoms with E-state index in [2.05, 4.69) is 20.2 Å². The van der Waals surface area contributed by atoms with Gasteiger partial charge in [0.1, 0.15) is 23.6 Å². The SMILES string of the molecule is COc1ccccc1NC(=O)CN1C2CC1CN(c1cc(C(F)(F)F)ncn1)C2. The number of ether oxygens (including phenoxy) is 1. The number of nitrogens with one attached hydrogen (secondary N) is 1. The van der Waals surface area contributed by atoms with Crippen LogP contribution in [0.2, 0.25) is 0 Å². The number of carbonyl (C=O) groups excluding carboxylic acids is 1. The number of halogens is 3. The molecule has 154 valence electrons. The van der Waals surface area contributed by atoms with E-state index in [4.69, 9.17) is 4.74 Å². The van der Waals surface area contributed by atoms with Gasteiger partial charge in [0.05, 0.1) is 19.3 Å². The van der Waals surface area contributed by atoms with E-state index in [1.54, 1.807) is 12.1 Å². The topological polar surface area (TPSA) is 70.6 Å². The number of para-hydroxylation sites is 2. The van der Waals surface area contributed by atoms with Crippen molar-refractivity contribution in [1.29, 1.82) is 0 Å². The molecule has 4 heterocycles. The van der Waals surface area contributed by atoms with Crippen molar-refractivity contribution >= 4 is 17.4 Å². The molecule has 0 aliphatic carbocycles. The predicted octanol–water partition coefficient (Wildman–Crippen LogP) is 2.41. The number of anilines is 2. The molecule has 29 heavy (non-hydrogen) atoms. The molecule has 1 aromatic heterocycles. The fraction of sp³-hybridized carbons (Fsp3) is 0.421. The number of benzene rings is 1. The van der Waals surface area contributed by atoms with Crippen molar-refractivity contribution in [2.75, 3.05) is 37.0 Å². The van der Waals surface area contributed by atoms with Gasteiger partial charge in [-0.2, -0.15) is 13.2 Å². The highest BCUT2D eigenvalue weighted by molar-refractivity contribution is 5.93. The Morgan fingerprint density at radius 1 is 1.24 bits per heavy atom. The van der Waals surface area contributed by atoms with Crippen LogP contribution in [0.25, 0.3) is 0 Å². The Balaban J connectivity index is 1.37. The Hall–Kier alpha value is -2.88. The second-order valence-corrected chi connectivity index (χ2v) is 7.13. The highest BCUT2D eigenvalue weighted by Crippen LogP contribution is 2.35. The molecule has 3 aliphatic rings. The van der Waals surface area contributed by atoms with E-state index in [1.807, 2.05) is 17.0 Å². The van der Waals surface area contributed by atoms with Crippen molar-refractivity contribution in [2.45, 2.75) is 24.7 Å². The van der Waals surface area contributed by atoms with Crippen molar-refractivity contribution in [1.82, 2.24) is 14.9 Å². The molecular weight excluding hydrogens is 387 g/mol. The van der Waals surface area contributed by atoms with Gasteiger partial charge in [0.2, 0.25) is 5.91 Å². The monoisotopic (exact) mass is 407 g/mol. The highest BCUT2D eigenvalue weighted by atomic mass is 19.4. The lowest BCUT2D eigenvalue weighted by Crippen LogP contribution is -2.69. The summed E-state index contributed by atoms with van der Waals surface area (Å²) in [5, 5.41) is 2.85. The van der Waals surface area contributed by atoms with Crippen molar-refractivity contribution in [3.8, 4) is 5.75 Å². The average Bonchev–Trinajstić information content (AvgIpc) is 2.72. The van der Waals surface area contributed by atoms with Gasteiger partial charge in [-0.3, -0.25) is 9.69 Å². The number of hydrogen-bond acceptors (Lipinski definition) is 6. The Morgan fingerprint density at radius 2 is 1.97 bits per heavy atom. The zero-order chi connectivity index (χ0) is 20.6. The van der Waals surface area contributed by atoms with Crippen LogP contribution in [0.15, 0.2) is 36.7 Å². The van der Waals surface area contributed by atoms with Crippen LogP contribution in [0.1, 0.15) is 12.1 Å². The molecule has 3 fully saturated rings. The maximum Gasteiger partial charge on any atom is 0.433 e. The minimum Gasteiger partial charge on any atom is -0.495 e. The zero-order valence-electron chi connectivity index (χ0n) is 15.7. The number of hydrogen-bond donors (Lipinski definition) is 1. The maximum atomic E-state index is 12.9. The number of alkyl halides is 3. The van der Waals surface area contributed by atoms with E-state index >= 15 is 0 Å². The summed E-state index contributed by atoms with van der Waals surface area (Å²) in [4.78, 5) is 23.7. The van der Waals surface area contributed by atoms with Crippen molar-refractivity contribution in [3.63, 3.8) is 0 Å². The summed E-state index contributed by atoms with van der Waals surface area (Å²) in [6.45, 7) is 1.26. The van der Waals surface area contributed by atoms with E-state index in [1.165, 1.54) is 7.11 Å². The molecule has 0 saturated carbocycles. The van der Waals surface area contributed by atoms with Gasteiger partial charge >= 0.3 is 6.18 Å². The molecule has 3 saturated heterocycles. The van der Waals surface area contributed by atoms with E-state index in [-0.39, 0.29) is 30.4 Å². The standard InChI is InChI=1S/C19H20F3N5O2/c1-29-15-5-3-2-4-14(15)25-18(28)10-27-12-6-13(27)9-26(8-12)17-7-16(19(20,21)22)23-11-24-17/h2-5,7,11-13H,6,8-10H2,1H3,(H,25,28). The summed E-state index contributed by atoms with van der Waals surface area (Å²) < 4.78 is 43.9. The fourth-order valence-corrected chi connectivity index (χ4v) is 3.91. The quantitative estimate of drug-likeness (QED) is 0.821. The highest BCUT2D eigenvalue weighted by Gasteiger charge is 2.46. The van der Waals surface area contributed by atoms with Crippen LogP contribution in [0.5, 0.6) is 5.75 Å². The lowest BCUT2D eigenvalue weighted by molar-refractivity contribution is -0.141. The smallest absolute Gasteiger partial charge is 0.433 e. The number of nitrogens with zero attached hydrogens (tertiary/aromatic N) is 4. The van der Waals surface area contributed by atoms with Gasteiger partial charge in [0, 0.05) is 31.2 Å². The van der Waals surface area contributed by atoms with Crippen LogP contribution in [-0.2, 0) is 11.0 Å². The first-order valence-corrected chi connectivity index (χ1v) is 9.18. The molecular formula is C19H20F3N5O2.